The lowest BCUT2D eigenvalue weighted by molar-refractivity contribution is -0.141. The third-order valence-corrected chi connectivity index (χ3v) is 3.73. The van der Waals surface area contributed by atoms with Gasteiger partial charge in [0.15, 0.2) is 11.5 Å². The van der Waals surface area contributed by atoms with Gasteiger partial charge in [-0.05, 0) is 17.5 Å². The van der Waals surface area contributed by atoms with E-state index in [0.717, 1.165) is 17.1 Å². The number of hydrazine groups is 1. The smallest absolute Gasteiger partial charge is 0.267 e. The molecule has 0 saturated carbocycles. The number of nitrogens with one attached hydrogen (secondary N) is 1. The Bertz CT molecular complexity index is 1000. The van der Waals surface area contributed by atoms with Gasteiger partial charge in [0, 0.05) is 12.6 Å². The van der Waals surface area contributed by atoms with Crippen molar-refractivity contribution in [1.29, 1.82) is 5.26 Å². The summed E-state index contributed by atoms with van der Waals surface area (Å²) in [5.74, 6) is -2.51. The number of nitrogens with zero attached hydrogens (tertiary/aromatic N) is 4. The number of carbonyl (C=O) groups is 1. The van der Waals surface area contributed by atoms with Crippen LogP contribution in [0.25, 0.3) is 0 Å². The van der Waals surface area contributed by atoms with Gasteiger partial charge >= 0.3 is 12.4 Å². The molecule has 12 heteroatoms. The molecule has 0 radical (unpaired) electrons. The minimum atomic E-state index is -4.91. The van der Waals surface area contributed by atoms with Crippen LogP contribution >= 0.6 is 0 Å². The first-order valence-corrected chi connectivity index (χ1v) is 8.73. The van der Waals surface area contributed by atoms with Crippen molar-refractivity contribution in [3.05, 3.63) is 53.0 Å². The number of benzene rings is 1. The van der Waals surface area contributed by atoms with Gasteiger partial charge in [0.1, 0.15) is 6.07 Å². The third-order valence-electron chi connectivity index (χ3n) is 3.73. The molecular weight excluding hydrogens is 428 g/mol. The quantitative estimate of drug-likeness (QED) is 0.550. The van der Waals surface area contributed by atoms with E-state index in [1.807, 2.05) is 0 Å². The zero-order valence-corrected chi connectivity index (χ0v) is 16.6. The predicted octanol–water partition coefficient (Wildman–Crippen LogP) is 4.58. The Labute approximate surface area is 173 Å². The molecule has 1 aromatic heterocycles. The molecule has 0 unspecified atom stereocenters. The standard InChI is InChI=1S/C19H17F6N5O/c1-17(2,3)10-30(15-8-13(19(23,24)25)27-14(9-26)28-15)29-16(31)11-6-4-5-7-12(11)18(20,21)22/h4-8H,10H2,1-3H3,(H,29,31). The molecule has 0 fully saturated rings. The molecule has 0 aliphatic carbocycles. The number of nitriles is 1. The number of anilines is 1. The molecule has 0 aliphatic rings. The van der Waals surface area contributed by atoms with Crippen molar-refractivity contribution in [1.82, 2.24) is 15.4 Å². The van der Waals surface area contributed by atoms with Crippen molar-refractivity contribution in [3.8, 4) is 6.07 Å². The van der Waals surface area contributed by atoms with Crippen molar-refractivity contribution < 1.29 is 31.1 Å². The number of hydrogen-bond donors (Lipinski definition) is 1. The average molecular weight is 445 g/mol. The van der Waals surface area contributed by atoms with Gasteiger partial charge in [-0.1, -0.05) is 32.9 Å². The number of amides is 1. The van der Waals surface area contributed by atoms with Crippen LogP contribution in [0.4, 0.5) is 32.2 Å². The van der Waals surface area contributed by atoms with E-state index < -0.39 is 52.1 Å². The Morgan fingerprint density at radius 3 is 2.19 bits per heavy atom. The maximum absolute atomic E-state index is 13.2. The highest BCUT2D eigenvalue weighted by atomic mass is 19.4. The number of halogens is 6. The fraction of sp³-hybridized carbons (Fsp3) is 0.368. The van der Waals surface area contributed by atoms with E-state index in [-0.39, 0.29) is 6.54 Å². The van der Waals surface area contributed by atoms with Crippen LogP contribution in [0.5, 0.6) is 0 Å². The zero-order chi connectivity index (χ0) is 23.6. The highest BCUT2D eigenvalue weighted by molar-refractivity contribution is 5.96. The highest BCUT2D eigenvalue weighted by Crippen LogP contribution is 2.33. The molecule has 0 spiro atoms. The lowest BCUT2D eigenvalue weighted by atomic mass is 9.96. The summed E-state index contributed by atoms with van der Waals surface area (Å²) in [6.07, 6.45) is -9.74. The Kier molecular flexibility index (Phi) is 6.49. The normalized spacial score (nSPS) is 12.3. The van der Waals surface area contributed by atoms with Crippen LogP contribution in [0.2, 0.25) is 0 Å². The van der Waals surface area contributed by atoms with Crippen molar-refractivity contribution in [2.75, 3.05) is 11.6 Å². The Morgan fingerprint density at radius 1 is 1.06 bits per heavy atom. The van der Waals surface area contributed by atoms with Gasteiger partial charge in [0.25, 0.3) is 5.91 Å². The fourth-order valence-electron chi connectivity index (χ4n) is 2.53. The number of carbonyl (C=O) groups excluding carboxylic acids is 1. The van der Waals surface area contributed by atoms with E-state index >= 15 is 0 Å². The molecule has 0 saturated heterocycles. The molecule has 0 bridgehead atoms. The largest absolute Gasteiger partial charge is 0.433 e. The second-order valence-corrected chi connectivity index (χ2v) is 7.68. The van der Waals surface area contributed by atoms with E-state index in [9.17, 15) is 31.1 Å². The van der Waals surface area contributed by atoms with Gasteiger partial charge in [0.05, 0.1) is 11.1 Å². The summed E-state index contributed by atoms with van der Waals surface area (Å²) in [4.78, 5) is 19.4. The number of hydrogen-bond acceptors (Lipinski definition) is 5. The lowest BCUT2D eigenvalue weighted by Gasteiger charge is -2.31. The zero-order valence-electron chi connectivity index (χ0n) is 16.6. The minimum absolute atomic E-state index is 0.133. The van der Waals surface area contributed by atoms with Crippen LogP contribution in [0.1, 0.15) is 48.2 Å². The lowest BCUT2D eigenvalue weighted by Crippen LogP contribution is -2.47. The van der Waals surface area contributed by atoms with Crippen LogP contribution in [-0.2, 0) is 12.4 Å². The van der Waals surface area contributed by atoms with Gasteiger partial charge in [-0.3, -0.25) is 15.2 Å². The number of rotatable bonds is 4. The third kappa shape index (κ3) is 6.31. The minimum Gasteiger partial charge on any atom is -0.267 e. The van der Waals surface area contributed by atoms with Crippen LogP contribution in [0.15, 0.2) is 30.3 Å². The molecule has 1 heterocycles. The second-order valence-electron chi connectivity index (χ2n) is 7.68. The SMILES string of the molecule is CC(C)(C)CN(NC(=O)c1ccccc1C(F)(F)F)c1cc(C(F)(F)F)nc(C#N)n1. The Hall–Kier alpha value is -3.36. The summed E-state index contributed by atoms with van der Waals surface area (Å²) in [7, 11) is 0. The summed E-state index contributed by atoms with van der Waals surface area (Å²) in [5.41, 5.74) is -1.82. The molecule has 6 nitrogen and oxygen atoms in total. The molecule has 0 atom stereocenters. The van der Waals surface area contributed by atoms with Crippen molar-refractivity contribution >= 4 is 11.7 Å². The van der Waals surface area contributed by atoms with Gasteiger partial charge in [-0.2, -0.15) is 36.6 Å². The summed E-state index contributed by atoms with van der Waals surface area (Å²) in [5, 5.41) is 9.85. The first kappa shape index (κ1) is 23.9. The number of aromatic nitrogens is 2. The number of alkyl halides is 6. The first-order valence-electron chi connectivity index (χ1n) is 8.73. The maximum atomic E-state index is 13.2. The highest BCUT2D eigenvalue weighted by Gasteiger charge is 2.37. The second kappa shape index (κ2) is 8.41. The average Bonchev–Trinajstić information content (AvgIpc) is 2.64. The van der Waals surface area contributed by atoms with Gasteiger partial charge in [-0.25, -0.2) is 4.98 Å². The monoisotopic (exact) mass is 445 g/mol. The molecular formula is C19H17F6N5O. The van der Waals surface area contributed by atoms with Gasteiger partial charge < -0.3 is 0 Å². The summed E-state index contributed by atoms with van der Waals surface area (Å²) in [6.45, 7) is 4.93. The Morgan fingerprint density at radius 2 is 1.68 bits per heavy atom. The van der Waals surface area contributed by atoms with Crippen LogP contribution < -0.4 is 10.4 Å². The van der Waals surface area contributed by atoms with Crippen LogP contribution in [-0.4, -0.2) is 22.4 Å². The topological polar surface area (TPSA) is 81.9 Å². The molecule has 31 heavy (non-hydrogen) atoms. The van der Waals surface area contributed by atoms with E-state index in [1.54, 1.807) is 20.8 Å². The summed E-state index contributed by atoms with van der Waals surface area (Å²) >= 11 is 0. The molecule has 2 aromatic rings. The van der Waals surface area contributed by atoms with E-state index in [2.05, 4.69) is 15.4 Å². The van der Waals surface area contributed by atoms with Crippen molar-refractivity contribution in [2.45, 2.75) is 33.1 Å². The molecule has 1 amide bonds. The molecule has 1 N–H and O–H groups in total. The molecule has 0 aliphatic heterocycles. The fourth-order valence-corrected chi connectivity index (χ4v) is 2.53. The molecule has 1 aromatic carbocycles. The van der Waals surface area contributed by atoms with Crippen LogP contribution in [0, 0.1) is 16.7 Å². The molecule has 2 rings (SSSR count). The summed E-state index contributed by atoms with van der Waals surface area (Å²) < 4.78 is 79.2. The maximum Gasteiger partial charge on any atom is 0.433 e. The molecule has 166 valence electrons. The predicted molar refractivity (Wildman–Crippen MR) is 97.5 cm³/mol. The van der Waals surface area contributed by atoms with Gasteiger partial charge in [0.2, 0.25) is 5.82 Å². The summed E-state index contributed by atoms with van der Waals surface area (Å²) in [6, 6.07) is 5.88. The van der Waals surface area contributed by atoms with Crippen molar-refractivity contribution in [2.24, 2.45) is 5.41 Å². The Balaban J connectivity index is 2.53. The first-order chi connectivity index (χ1) is 14.1. The van der Waals surface area contributed by atoms with E-state index in [4.69, 9.17) is 5.26 Å². The van der Waals surface area contributed by atoms with Crippen LogP contribution in [0.3, 0.4) is 0 Å². The van der Waals surface area contributed by atoms with Crippen molar-refractivity contribution in [3.63, 3.8) is 0 Å². The van der Waals surface area contributed by atoms with E-state index in [0.29, 0.717) is 12.1 Å². The van der Waals surface area contributed by atoms with Gasteiger partial charge in [-0.15, -0.1) is 0 Å². The van der Waals surface area contributed by atoms with E-state index in [1.165, 1.54) is 12.1 Å².